The van der Waals surface area contributed by atoms with Gasteiger partial charge in [0.05, 0.1) is 0 Å². The molecule has 2 N–H and O–H groups in total. The highest BCUT2D eigenvalue weighted by molar-refractivity contribution is 4.76. The van der Waals surface area contributed by atoms with E-state index in [4.69, 9.17) is 5.73 Å². The van der Waals surface area contributed by atoms with E-state index in [0.717, 1.165) is 11.8 Å². The summed E-state index contributed by atoms with van der Waals surface area (Å²) in [4.78, 5) is 2.68. The van der Waals surface area contributed by atoms with Gasteiger partial charge in [0, 0.05) is 12.6 Å². The van der Waals surface area contributed by atoms with Gasteiger partial charge in [0.25, 0.3) is 0 Å². The molecule has 0 bridgehead atoms. The number of nitrogens with two attached hydrogens (primary N) is 1. The summed E-state index contributed by atoms with van der Waals surface area (Å²) in [5, 5.41) is 0. The van der Waals surface area contributed by atoms with Gasteiger partial charge in [-0.2, -0.15) is 0 Å². The maximum absolute atomic E-state index is 5.94. The predicted octanol–water partition coefficient (Wildman–Crippen LogP) is 2.63. The monoisotopic (exact) mass is 224 g/mol. The summed E-state index contributed by atoms with van der Waals surface area (Å²) in [6.45, 7) is 6.42. The van der Waals surface area contributed by atoms with Crippen LogP contribution in [0.15, 0.2) is 0 Å². The van der Waals surface area contributed by atoms with Crippen LogP contribution in [0.3, 0.4) is 0 Å². The van der Waals surface area contributed by atoms with Gasteiger partial charge in [-0.1, -0.05) is 6.92 Å². The van der Waals surface area contributed by atoms with Gasteiger partial charge in [0.2, 0.25) is 0 Å². The Hall–Kier alpha value is -0.0800. The van der Waals surface area contributed by atoms with Crippen molar-refractivity contribution in [2.24, 2.45) is 17.6 Å². The van der Waals surface area contributed by atoms with Crippen molar-refractivity contribution in [1.29, 1.82) is 0 Å². The first kappa shape index (κ1) is 12.4. The zero-order valence-corrected chi connectivity index (χ0v) is 10.8. The van der Waals surface area contributed by atoms with Crippen molar-refractivity contribution in [3.05, 3.63) is 0 Å². The van der Waals surface area contributed by atoms with Gasteiger partial charge >= 0.3 is 0 Å². The summed E-state index contributed by atoms with van der Waals surface area (Å²) in [7, 11) is 0. The summed E-state index contributed by atoms with van der Waals surface area (Å²) in [5.41, 5.74) is 5.94. The lowest BCUT2D eigenvalue weighted by Crippen LogP contribution is -2.36. The largest absolute Gasteiger partial charge is 0.328 e. The first-order valence-corrected chi connectivity index (χ1v) is 7.22. The molecule has 0 aromatic carbocycles. The van der Waals surface area contributed by atoms with E-state index in [0.29, 0.717) is 6.04 Å². The Morgan fingerprint density at radius 1 is 1.12 bits per heavy atom. The third-order valence-corrected chi connectivity index (χ3v) is 4.49. The van der Waals surface area contributed by atoms with Gasteiger partial charge in [0.15, 0.2) is 0 Å². The zero-order chi connectivity index (χ0) is 11.4. The minimum atomic E-state index is 0.506. The predicted molar refractivity (Wildman–Crippen MR) is 69.4 cm³/mol. The molecule has 2 fully saturated rings. The molecule has 2 aliphatic rings. The van der Waals surface area contributed by atoms with E-state index in [2.05, 4.69) is 11.8 Å². The van der Waals surface area contributed by atoms with Crippen molar-refractivity contribution in [3.8, 4) is 0 Å². The Kier molecular flexibility index (Phi) is 4.66. The Balaban J connectivity index is 1.63. The molecule has 1 saturated carbocycles. The highest BCUT2D eigenvalue weighted by Gasteiger charge is 2.21. The second kappa shape index (κ2) is 6.02. The number of hydrogen-bond donors (Lipinski definition) is 1. The van der Waals surface area contributed by atoms with E-state index < -0.39 is 0 Å². The highest BCUT2D eigenvalue weighted by Crippen LogP contribution is 2.26. The molecule has 1 unspecified atom stereocenters. The van der Waals surface area contributed by atoms with E-state index in [1.807, 2.05) is 0 Å². The third kappa shape index (κ3) is 3.74. The van der Waals surface area contributed by atoms with E-state index in [1.165, 1.54) is 64.6 Å². The van der Waals surface area contributed by atoms with Crippen LogP contribution in [0.5, 0.6) is 0 Å². The van der Waals surface area contributed by atoms with Crippen molar-refractivity contribution >= 4 is 0 Å². The molecule has 1 aliphatic heterocycles. The van der Waals surface area contributed by atoms with Crippen molar-refractivity contribution in [3.63, 3.8) is 0 Å². The molecular weight excluding hydrogens is 196 g/mol. The number of nitrogens with zero attached hydrogens (tertiary/aromatic N) is 1. The minimum Gasteiger partial charge on any atom is -0.328 e. The van der Waals surface area contributed by atoms with Crippen LogP contribution in [0.25, 0.3) is 0 Å². The molecule has 1 aliphatic carbocycles. The van der Waals surface area contributed by atoms with Gasteiger partial charge in [-0.05, 0) is 69.9 Å². The van der Waals surface area contributed by atoms with Crippen LogP contribution in [0.4, 0.5) is 0 Å². The van der Waals surface area contributed by atoms with Gasteiger partial charge in [-0.3, -0.25) is 0 Å². The summed E-state index contributed by atoms with van der Waals surface area (Å²) >= 11 is 0. The second-order valence-electron chi connectivity index (χ2n) is 6.12. The maximum atomic E-state index is 5.94. The van der Waals surface area contributed by atoms with Gasteiger partial charge in [-0.15, -0.1) is 0 Å². The third-order valence-electron chi connectivity index (χ3n) is 4.49. The fourth-order valence-electron chi connectivity index (χ4n) is 3.33. The van der Waals surface area contributed by atoms with Crippen LogP contribution in [0.1, 0.15) is 51.9 Å². The first-order chi connectivity index (χ1) is 7.74. The Labute approximate surface area is 101 Å². The summed E-state index contributed by atoms with van der Waals surface area (Å²) in [6.07, 6.45) is 9.56. The number of rotatable bonds is 3. The second-order valence-corrected chi connectivity index (χ2v) is 6.12. The van der Waals surface area contributed by atoms with Crippen LogP contribution in [0, 0.1) is 11.8 Å². The molecule has 94 valence electrons. The van der Waals surface area contributed by atoms with Crippen LogP contribution < -0.4 is 5.73 Å². The van der Waals surface area contributed by atoms with Gasteiger partial charge in [-0.25, -0.2) is 0 Å². The molecule has 0 aromatic heterocycles. The normalized spacial score (nSPS) is 37.5. The smallest absolute Gasteiger partial charge is 0.00390 e. The molecule has 2 nitrogen and oxygen atoms in total. The molecular formula is C14H28N2. The molecule has 0 aromatic rings. The SMILES string of the molecule is CC1CCCN(CCC2CCC(N)CC2)C1. The molecule has 1 atom stereocenters. The maximum Gasteiger partial charge on any atom is 0.00390 e. The minimum absolute atomic E-state index is 0.506. The fraction of sp³-hybridized carbons (Fsp3) is 1.00. The van der Waals surface area contributed by atoms with Crippen molar-refractivity contribution < 1.29 is 0 Å². The van der Waals surface area contributed by atoms with E-state index in [1.54, 1.807) is 0 Å². The molecule has 2 rings (SSSR count). The van der Waals surface area contributed by atoms with Gasteiger partial charge < -0.3 is 10.6 Å². The van der Waals surface area contributed by atoms with Crippen LogP contribution in [-0.4, -0.2) is 30.6 Å². The summed E-state index contributed by atoms with van der Waals surface area (Å²) < 4.78 is 0. The molecule has 16 heavy (non-hydrogen) atoms. The molecule has 1 heterocycles. The molecule has 0 spiro atoms. The number of piperidine rings is 1. The summed E-state index contributed by atoms with van der Waals surface area (Å²) in [5.74, 6) is 1.89. The molecule has 2 heteroatoms. The lowest BCUT2D eigenvalue weighted by atomic mass is 9.84. The van der Waals surface area contributed by atoms with E-state index in [9.17, 15) is 0 Å². The Bertz CT molecular complexity index is 197. The average Bonchev–Trinajstić information content (AvgIpc) is 2.28. The molecule has 1 saturated heterocycles. The average molecular weight is 224 g/mol. The number of likely N-dealkylation sites (tertiary alicyclic amines) is 1. The Morgan fingerprint density at radius 2 is 1.88 bits per heavy atom. The quantitative estimate of drug-likeness (QED) is 0.798. The standard InChI is InChI=1S/C14H28N2/c1-12-3-2-9-16(11-12)10-8-13-4-6-14(15)7-5-13/h12-14H,2-11,15H2,1H3. The fourth-order valence-corrected chi connectivity index (χ4v) is 3.33. The van der Waals surface area contributed by atoms with Crippen molar-refractivity contribution in [1.82, 2.24) is 4.90 Å². The van der Waals surface area contributed by atoms with Crippen molar-refractivity contribution in [2.75, 3.05) is 19.6 Å². The van der Waals surface area contributed by atoms with Crippen molar-refractivity contribution in [2.45, 2.75) is 57.9 Å². The molecule has 0 amide bonds. The van der Waals surface area contributed by atoms with Crippen LogP contribution >= 0.6 is 0 Å². The molecule has 0 radical (unpaired) electrons. The lowest BCUT2D eigenvalue weighted by Gasteiger charge is -2.33. The van der Waals surface area contributed by atoms with Crippen LogP contribution in [-0.2, 0) is 0 Å². The number of hydrogen-bond acceptors (Lipinski definition) is 2. The topological polar surface area (TPSA) is 29.3 Å². The van der Waals surface area contributed by atoms with Gasteiger partial charge in [0.1, 0.15) is 0 Å². The van der Waals surface area contributed by atoms with Crippen LogP contribution in [0.2, 0.25) is 0 Å². The lowest BCUT2D eigenvalue weighted by molar-refractivity contribution is 0.164. The first-order valence-electron chi connectivity index (χ1n) is 7.22. The van der Waals surface area contributed by atoms with E-state index >= 15 is 0 Å². The zero-order valence-electron chi connectivity index (χ0n) is 10.8. The highest BCUT2D eigenvalue weighted by atomic mass is 15.1. The summed E-state index contributed by atoms with van der Waals surface area (Å²) in [6, 6.07) is 0.506. The van der Waals surface area contributed by atoms with E-state index in [-0.39, 0.29) is 0 Å². The Morgan fingerprint density at radius 3 is 2.56 bits per heavy atom.